The SMILES string of the molecule is CS(=O)(=O)O.Cc1ccc(P(c2ccc(C)cc2)c2ccc3ccccc3c2-c2c(P(c3ccccc3)c3ccccc3)ccc3ccccc23)cc1.Nc1ccccc1-c1[c-]cccc1.[Pd]. The van der Waals surface area contributed by atoms with Gasteiger partial charge in [0.25, 0.3) is 10.1 Å². The van der Waals surface area contributed by atoms with Gasteiger partial charge in [-0.2, -0.15) is 8.42 Å². The van der Waals surface area contributed by atoms with Crippen molar-refractivity contribution in [2.24, 2.45) is 0 Å². The zero-order chi connectivity index (χ0) is 46.0. The van der Waals surface area contributed by atoms with E-state index < -0.39 is 26.0 Å². The van der Waals surface area contributed by atoms with Gasteiger partial charge in [-0.25, -0.2) is 0 Å². The average molecular weight is 1020 g/mol. The number of anilines is 1. The Morgan fingerprint density at radius 1 is 0.448 bits per heavy atom. The topological polar surface area (TPSA) is 80.4 Å². The molecule has 0 aliphatic heterocycles. The molecule has 336 valence electrons. The summed E-state index contributed by atoms with van der Waals surface area (Å²) in [6.45, 7) is 4.36. The summed E-state index contributed by atoms with van der Waals surface area (Å²) in [4.78, 5) is 0. The van der Waals surface area contributed by atoms with E-state index in [-0.39, 0.29) is 20.4 Å². The number of nitrogen functional groups attached to an aromatic ring is 1. The van der Waals surface area contributed by atoms with Crippen LogP contribution in [0.25, 0.3) is 43.8 Å². The molecule has 0 amide bonds. The van der Waals surface area contributed by atoms with Gasteiger partial charge in [0.1, 0.15) is 0 Å². The van der Waals surface area contributed by atoms with Crippen molar-refractivity contribution in [3.63, 3.8) is 0 Å². The molecule has 0 saturated carbocycles. The summed E-state index contributed by atoms with van der Waals surface area (Å²) in [7, 11) is -5.40. The largest absolute Gasteiger partial charge is 0.406 e. The van der Waals surface area contributed by atoms with Gasteiger partial charge in [0.15, 0.2) is 0 Å². The molecule has 10 rings (SSSR count). The van der Waals surface area contributed by atoms with E-state index in [1.165, 1.54) is 75.6 Å². The van der Waals surface area contributed by atoms with Gasteiger partial charge in [-0.05, 0) is 106 Å². The number of benzene rings is 10. The predicted molar refractivity (Wildman–Crippen MR) is 286 cm³/mol. The van der Waals surface area contributed by atoms with Crippen molar-refractivity contribution >= 4 is 85.0 Å². The van der Waals surface area contributed by atoms with Crippen LogP contribution in [0.15, 0.2) is 231 Å². The summed E-state index contributed by atoms with van der Waals surface area (Å²) >= 11 is 0. The van der Waals surface area contributed by atoms with Crippen LogP contribution in [0.3, 0.4) is 0 Å². The Kier molecular flexibility index (Phi) is 16.5. The molecule has 10 aromatic rings. The molecule has 10 aromatic carbocycles. The predicted octanol–water partition coefficient (Wildman–Crippen LogP) is 12.0. The maximum absolute atomic E-state index is 9.19. The van der Waals surface area contributed by atoms with Crippen molar-refractivity contribution in [2.75, 3.05) is 12.0 Å². The van der Waals surface area contributed by atoms with Crippen LogP contribution in [0.1, 0.15) is 11.1 Å². The van der Waals surface area contributed by atoms with Crippen LogP contribution in [-0.2, 0) is 30.5 Å². The summed E-state index contributed by atoms with van der Waals surface area (Å²) in [5.74, 6) is 0. The fraction of sp³-hybridized carbons (Fsp3) is 0.0508. The molecule has 0 heterocycles. The third-order valence-electron chi connectivity index (χ3n) is 11.1. The van der Waals surface area contributed by atoms with Crippen LogP contribution in [0.5, 0.6) is 0 Å². The number of fused-ring (bicyclic) bond motifs is 2. The molecule has 0 radical (unpaired) electrons. The summed E-state index contributed by atoms with van der Waals surface area (Å²) < 4.78 is 25.9. The van der Waals surface area contributed by atoms with E-state index >= 15 is 0 Å². The van der Waals surface area contributed by atoms with Gasteiger partial charge >= 0.3 is 0 Å². The van der Waals surface area contributed by atoms with E-state index in [2.05, 4.69) is 202 Å². The Morgan fingerprint density at radius 2 is 0.821 bits per heavy atom. The molecule has 0 atom stereocenters. The van der Waals surface area contributed by atoms with Crippen LogP contribution in [0.2, 0.25) is 0 Å². The molecule has 0 fully saturated rings. The first-order valence-electron chi connectivity index (χ1n) is 21.6. The Morgan fingerprint density at radius 3 is 1.24 bits per heavy atom. The summed E-state index contributed by atoms with van der Waals surface area (Å²) in [6, 6.07) is 87.0. The van der Waals surface area contributed by atoms with Crippen molar-refractivity contribution < 1.29 is 33.4 Å². The summed E-state index contributed by atoms with van der Waals surface area (Å²) in [5.41, 5.74) is 14.0. The van der Waals surface area contributed by atoms with Crippen LogP contribution >= 0.6 is 15.8 Å². The molecular formula is C59H50NO3P2PdS-. The van der Waals surface area contributed by atoms with Gasteiger partial charge in [-0.3, -0.25) is 4.55 Å². The normalized spacial score (nSPS) is 11.0. The van der Waals surface area contributed by atoms with E-state index in [0.29, 0.717) is 6.26 Å². The van der Waals surface area contributed by atoms with Gasteiger partial charge in [0, 0.05) is 20.4 Å². The van der Waals surface area contributed by atoms with Crippen molar-refractivity contribution in [1.29, 1.82) is 0 Å². The fourth-order valence-electron chi connectivity index (χ4n) is 8.12. The minimum atomic E-state index is -3.67. The van der Waals surface area contributed by atoms with Crippen LogP contribution in [0, 0.1) is 19.9 Å². The Bertz CT molecular complexity index is 3230. The molecule has 0 unspecified atom stereocenters. The van der Waals surface area contributed by atoms with Crippen molar-refractivity contribution in [2.45, 2.75) is 13.8 Å². The van der Waals surface area contributed by atoms with E-state index in [9.17, 15) is 8.42 Å². The maximum Gasteiger partial charge on any atom is 0.261 e. The third kappa shape index (κ3) is 12.1. The molecule has 0 aliphatic carbocycles. The molecule has 0 bridgehead atoms. The fourth-order valence-corrected chi connectivity index (χ4v) is 13.0. The van der Waals surface area contributed by atoms with E-state index in [1.54, 1.807) is 0 Å². The second-order valence-corrected chi connectivity index (χ2v) is 21.8. The number of hydrogen-bond acceptors (Lipinski definition) is 3. The Labute approximate surface area is 411 Å². The van der Waals surface area contributed by atoms with E-state index in [1.807, 2.05) is 48.5 Å². The quantitative estimate of drug-likeness (QED) is 0.0522. The second kappa shape index (κ2) is 22.6. The van der Waals surface area contributed by atoms with Crippen molar-refractivity contribution in [3.8, 4) is 22.3 Å². The van der Waals surface area contributed by atoms with Gasteiger partial charge in [-0.15, -0.1) is 35.9 Å². The van der Waals surface area contributed by atoms with Crippen molar-refractivity contribution in [3.05, 3.63) is 248 Å². The number of aryl methyl sites for hydroxylation is 2. The van der Waals surface area contributed by atoms with Crippen LogP contribution < -0.4 is 37.6 Å². The molecule has 4 nitrogen and oxygen atoms in total. The van der Waals surface area contributed by atoms with Gasteiger partial charge in [0.05, 0.1) is 6.26 Å². The smallest absolute Gasteiger partial charge is 0.261 e. The Balaban J connectivity index is 0.000000294. The van der Waals surface area contributed by atoms with Gasteiger partial charge < -0.3 is 5.73 Å². The minimum Gasteiger partial charge on any atom is -0.406 e. The monoisotopic (exact) mass is 1020 g/mol. The molecule has 3 N–H and O–H groups in total. The van der Waals surface area contributed by atoms with E-state index in [0.717, 1.165) is 16.8 Å². The Hall–Kier alpha value is -6.05. The average Bonchev–Trinajstić information content (AvgIpc) is 3.34. The van der Waals surface area contributed by atoms with Crippen LogP contribution in [-0.4, -0.2) is 19.2 Å². The van der Waals surface area contributed by atoms with Crippen LogP contribution in [0.4, 0.5) is 5.69 Å². The molecule has 0 saturated heterocycles. The number of nitrogens with two attached hydrogens (primary N) is 1. The first-order valence-corrected chi connectivity index (χ1v) is 26.2. The molecule has 67 heavy (non-hydrogen) atoms. The van der Waals surface area contributed by atoms with E-state index in [4.69, 9.17) is 10.3 Å². The second-order valence-electron chi connectivity index (χ2n) is 16.0. The summed E-state index contributed by atoms with van der Waals surface area (Å²) in [5, 5.41) is 13.4. The number of rotatable bonds is 8. The summed E-state index contributed by atoms with van der Waals surface area (Å²) in [6.07, 6.45) is 0.715. The minimum absolute atomic E-state index is 0. The molecule has 0 aliphatic rings. The molecule has 0 aromatic heterocycles. The first kappa shape index (κ1) is 48.9. The molecule has 0 spiro atoms. The van der Waals surface area contributed by atoms with Gasteiger partial charge in [-0.1, -0.05) is 217 Å². The molecular weight excluding hydrogens is 971 g/mol. The number of para-hydroxylation sites is 1. The third-order valence-corrected chi connectivity index (χ3v) is 16.1. The van der Waals surface area contributed by atoms with Gasteiger partial charge in [0.2, 0.25) is 0 Å². The zero-order valence-corrected chi connectivity index (χ0v) is 41.6. The first-order chi connectivity index (χ1) is 32.0. The maximum atomic E-state index is 9.19. The van der Waals surface area contributed by atoms with Crippen molar-refractivity contribution in [1.82, 2.24) is 0 Å². The zero-order valence-electron chi connectivity index (χ0n) is 37.4. The number of hydrogen-bond donors (Lipinski definition) is 2. The standard InChI is InChI=1S/C46H36P2.C12H10N.CH4O3S.Pd/c1-33-21-27-39(28-22-33)48(40-29-23-34(2)24-30-40)44-32-26-36-14-10-12-20-42(36)46(44)45-41-19-11-9-13-35(41)25-31-43(45)47(37-15-5-3-6-16-37)38-17-7-4-8-18-38;13-12-9-5-4-8-11(12)10-6-2-1-3-7-10;1-5(2,3)4;/h3-32H,1-2H3;1-6,8-9H,13H2;1H3,(H,2,3,4);/q;-1;;. The molecule has 8 heteroatoms.